The van der Waals surface area contributed by atoms with Crippen molar-refractivity contribution in [3.63, 3.8) is 0 Å². The van der Waals surface area contributed by atoms with Gasteiger partial charge in [0.25, 0.3) is 0 Å². The number of fused-ring (bicyclic) bond motifs is 2. The lowest BCUT2D eigenvalue weighted by Crippen LogP contribution is -2.35. The largest absolute Gasteiger partial charge is 0.454 e. The molecule has 2 aliphatic rings. The minimum Gasteiger partial charge on any atom is -0.454 e. The van der Waals surface area contributed by atoms with Crippen molar-refractivity contribution in [2.24, 2.45) is 0 Å². The van der Waals surface area contributed by atoms with E-state index < -0.39 is 0 Å². The average molecular weight is 377 g/mol. The summed E-state index contributed by atoms with van der Waals surface area (Å²) in [5.74, 6) is 2.42. The number of unbranched alkanes of at least 4 members (excludes halogenated alkanes) is 1. The number of nitrogens with zero attached hydrogens (tertiary/aromatic N) is 1. The van der Waals surface area contributed by atoms with Crippen molar-refractivity contribution in [3.05, 3.63) is 59.8 Å². The average Bonchev–Trinajstić information content (AvgIpc) is 3.37. The third kappa shape index (κ3) is 3.61. The zero-order valence-corrected chi connectivity index (χ0v) is 16.3. The molecule has 0 amide bonds. The maximum Gasteiger partial charge on any atom is 0.231 e. The molecule has 1 atom stereocenters. The predicted molar refractivity (Wildman–Crippen MR) is 112 cm³/mol. The number of ether oxygens (including phenoxy) is 2. The summed E-state index contributed by atoms with van der Waals surface area (Å²) < 4.78 is 11.0. The Kier molecular flexibility index (Phi) is 4.96. The second-order valence-electron chi connectivity index (χ2n) is 8.07. The second kappa shape index (κ2) is 7.88. The van der Waals surface area contributed by atoms with Crippen LogP contribution < -0.4 is 9.47 Å². The molecule has 1 aromatic heterocycles. The molecule has 1 unspecified atom stereocenters. The first-order chi connectivity index (χ1) is 13.9. The van der Waals surface area contributed by atoms with Gasteiger partial charge in [0, 0.05) is 29.7 Å². The standard InChI is InChI=1S/C24H28N2O2/c1-2-7-18(8-3-1)20-10-6-12-26(16-20)11-5-4-9-19-15-25-22-14-24-23(13-21(19)22)27-17-28-24/h1-3,7-8,13-15,20,25H,4-6,9-12,16-17H2. The van der Waals surface area contributed by atoms with Gasteiger partial charge >= 0.3 is 0 Å². The summed E-state index contributed by atoms with van der Waals surface area (Å²) in [4.78, 5) is 6.05. The molecule has 1 N–H and O–H groups in total. The van der Waals surface area contributed by atoms with Crippen LogP contribution in [-0.2, 0) is 6.42 Å². The van der Waals surface area contributed by atoms with Crippen LogP contribution in [0, 0.1) is 0 Å². The number of benzene rings is 2. The summed E-state index contributed by atoms with van der Waals surface area (Å²) in [5, 5.41) is 1.27. The molecule has 3 aromatic rings. The summed E-state index contributed by atoms with van der Waals surface area (Å²) >= 11 is 0. The number of hydrogen-bond donors (Lipinski definition) is 1. The fourth-order valence-electron chi connectivity index (χ4n) is 4.68. The van der Waals surface area contributed by atoms with Gasteiger partial charge in [-0.05, 0) is 68.3 Å². The van der Waals surface area contributed by atoms with Crippen molar-refractivity contribution >= 4 is 10.9 Å². The summed E-state index contributed by atoms with van der Waals surface area (Å²) in [6, 6.07) is 15.2. The Hall–Kier alpha value is -2.46. The van der Waals surface area contributed by atoms with Gasteiger partial charge in [0.2, 0.25) is 6.79 Å². The number of aryl methyl sites for hydroxylation is 1. The van der Waals surface area contributed by atoms with E-state index in [4.69, 9.17) is 9.47 Å². The molecule has 0 saturated carbocycles. The highest BCUT2D eigenvalue weighted by atomic mass is 16.7. The van der Waals surface area contributed by atoms with Gasteiger partial charge in [-0.1, -0.05) is 30.3 Å². The molecule has 5 rings (SSSR count). The van der Waals surface area contributed by atoms with Crippen LogP contribution in [0.1, 0.15) is 42.7 Å². The molecular formula is C24H28N2O2. The topological polar surface area (TPSA) is 37.5 Å². The first kappa shape index (κ1) is 17.6. The van der Waals surface area contributed by atoms with Gasteiger partial charge in [0.15, 0.2) is 11.5 Å². The van der Waals surface area contributed by atoms with Crippen LogP contribution in [0.2, 0.25) is 0 Å². The van der Waals surface area contributed by atoms with Gasteiger partial charge in [-0.25, -0.2) is 0 Å². The van der Waals surface area contributed by atoms with Crippen molar-refractivity contribution in [1.82, 2.24) is 9.88 Å². The number of nitrogens with one attached hydrogen (secondary N) is 1. The maximum absolute atomic E-state index is 5.54. The van der Waals surface area contributed by atoms with Crippen molar-refractivity contribution in [2.75, 3.05) is 26.4 Å². The molecular weight excluding hydrogens is 348 g/mol. The van der Waals surface area contributed by atoms with E-state index in [2.05, 4.69) is 58.5 Å². The van der Waals surface area contributed by atoms with Crippen LogP contribution in [0.5, 0.6) is 11.5 Å². The zero-order chi connectivity index (χ0) is 18.8. The number of rotatable bonds is 6. The fourth-order valence-corrected chi connectivity index (χ4v) is 4.68. The SMILES string of the molecule is c1ccc(C2CCCN(CCCCc3c[nH]c4cc5c(cc34)OCO5)C2)cc1. The maximum atomic E-state index is 5.54. The first-order valence-electron chi connectivity index (χ1n) is 10.5. The van der Waals surface area contributed by atoms with Crippen molar-refractivity contribution in [2.45, 2.75) is 38.0 Å². The van der Waals surface area contributed by atoms with E-state index in [-0.39, 0.29) is 0 Å². The Labute approximate surface area is 166 Å². The van der Waals surface area contributed by atoms with Crippen molar-refractivity contribution in [1.29, 1.82) is 0 Å². The molecule has 28 heavy (non-hydrogen) atoms. The lowest BCUT2D eigenvalue weighted by Gasteiger charge is -2.33. The van der Waals surface area contributed by atoms with Crippen LogP contribution >= 0.6 is 0 Å². The van der Waals surface area contributed by atoms with E-state index in [1.54, 1.807) is 0 Å². The summed E-state index contributed by atoms with van der Waals surface area (Å²) in [6.45, 7) is 4.00. The minimum atomic E-state index is 0.330. The summed E-state index contributed by atoms with van der Waals surface area (Å²) in [6.07, 6.45) is 8.36. The van der Waals surface area contributed by atoms with Crippen LogP contribution in [0.4, 0.5) is 0 Å². The first-order valence-corrected chi connectivity index (χ1v) is 10.5. The Bertz CT molecular complexity index is 934. The van der Waals surface area contributed by atoms with Crippen molar-refractivity contribution < 1.29 is 9.47 Å². The van der Waals surface area contributed by atoms with Gasteiger partial charge in [-0.15, -0.1) is 0 Å². The van der Waals surface area contributed by atoms with E-state index in [1.165, 1.54) is 61.8 Å². The van der Waals surface area contributed by atoms with Crippen LogP contribution in [-0.4, -0.2) is 36.3 Å². The van der Waals surface area contributed by atoms with Gasteiger partial charge in [-0.2, -0.15) is 0 Å². The number of likely N-dealkylation sites (tertiary alicyclic amines) is 1. The predicted octanol–water partition coefficient (Wildman–Crippen LogP) is 5.10. The van der Waals surface area contributed by atoms with E-state index in [0.717, 1.165) is 23.4 Å². The molecule has 3 heterocycles. The lowest BCUT2D eigenvalue weighted by molar-refractivity contribution is 0.174. The highest BCUT2D eigenvalue weighted by Gasteiger charge is 2.21. The smallest absolute Gasteiger partial charge is 0.231 e. The molecule has 146 valence electrons. The molecule has 0 aliphatic carbocycles. The third-order valence-corrected chi connectivity index (χ3v) is 6.21. The van der Waals surface area contributed by atoms with Gasteiger partial charge < -0.3 is 19.4 Å². The quantitative estimate of drug-likeness (QED) is 0.608. The number of aromatic nitrogens is 1. The molecule has 4 heteroatoms. The Balaban J connectivity index is 1.14. The number of hydrogen-bond acceptors (Lipinski definition) is 3. The van der Waals surface area contributed by atoms with E-state index >= 15 is 0 Å². The molecule has 0 radical (unpaired) electrons. The Morgan fingerprint density at radius 1 is 1.04 bits per heavy atom. The second-order valence-corrected chi connectivity index (χ2v) is 8.07. The van der Waals surface area contributed by atoms with Crippen molar-refractivity contribution in [3.8, 4) is 11.5 Å². The third-order valence-electron chi connectivity index (χ3n) is 6.21. The zero-order valence-electron chi connectivity index (χ0n) is 16.3. The minimum absolute atomic E-state index is 0.330. The van der Waals surface area contributed by atoms with Crippen LogP contribution in [0.3, 0.4) is 0 Å². The summed E-state index contributed by atoms with van der Waals surface area (Å²) in [7, 11) is 0. The molecule has 4 nitrogen and oxygen atoms in total. The normalized spacial score (nSPS) is 19.4. The highest BCUT2D eigenvalue weighted by molar-refractivity contribution is 5.86. The van der Waals surface area contributed by atoms with Crippen LogP contribution in [0.15, 0.2) is 48.7 Å². The molecule has 2 aliphatic heterocycles. The number of piperidine rings is 1. The van der Waals surface area contributed by atoms with E-state index in [1.807, 2.05) is 0 Å². The number of aromatic amines is 1. The highest BCUT2D eigenvalue weighted by Crippen LogP contribution is 2.37. The van der Waals surface area contributed by atoms with E-state index in [0.29, 0.717) is 12.7 Å². The fraction of sp³-hybridized carbons (Fsp3) is 0.417. The van der Waals surface area contributed by atoms with E-state index in [9.17, 15) is 0 Å². The molecule has 0 spiro atoms. The monoisotopic (exact) mass is 376 g/mol. The van der Waals surface area contributed by atoms with Gasteiger partial charge in [0.05, 0.1) is 0 Å². The number of H-pyrrole nitrogens is 1. The summed E-state index contributed by atoms with van der Waals surface area (Å²) in [5.41, 5.74) is 4.03. The molecule has 1 saturated heterocycles. The Morgan fingerprint density at radius 3 is 2.79 bits per heavy atom. The molecule has 1 fully saturated rings. The Morgan fingerprint density at radius 2 is 1.89 bits per heavy atom. The lowest BCUT2D eigenvalue weighted by atomic mass is 9.90. The molecule has 0 bridgehead atoms. The molecule has 2 aromatic carbocycles. The van der Waals surface area contributed by atoms with Gasteiger partial charge in [0.1, 0.15) is 0 Å². The van der Waals surface area contributed by atoms with Gasteiger partial charge in [-0.3, -0.25) is 0 Å². The van der Waals surface area contributed by atoms with Crippen LogP contribution in [0.25, 0.3) is 10.9 Å².